The lowest BCUT2D eigenvalue weighted by molar-refractivity contribution is 0.636. The predicted molar refractivity (Wildman–Crippen MR) is 80.6 cm³/mol. The number of benzene rings is 2. The summed E-state index contributed by atoms with van der Waals surface area (Å²) in [6.07, 6.45) is 6.53. The van der Waals surface area contributed by atoms with Crippen molar-refractivity contribution in [3.05, 3.63) is 66.3 Å². The fourth-order valence-corrected chi connectivity index (χ4v) is 3.16. The van der Waals surface area contributed by atoms with E-state index < -0.39 is 10.1 Å². The van der Waals surface area contributed by atoms with Crippen LogP contribution in [0.3, 0.4) is 0 Å². The molecule has 0 aliphatic heterocycles. The lowest BCUT2D eigenvalue weighted by Crippen LogP contribution is -1.96. The van der Waals surface area contributed by atoms with Gasteiger partial charge in [0, 0.05) is 0 Å². The Morgan fingerprint density at radius 3 is 2.70 bits per heavy atom. The van der Waals surface area contributed by atoms with E-state index in [4.69, 9.17) is 0 Å². The number of hydrogen-bond donors (Lipinski definition) is 0. The third kappa shape index (κ3) is 2.65. The van der Waals surface area contributed by atoms with Gasteiger partial charge in [-0.05, 0) is 34.9 Å². The van der Waals surface area contributed by atoms with Gasteiger partial charge in [-0.2, -0.15) is 0 Å². The Morgan fingerprint density at radius 2 is 1.95 bits per heavy atom. The molecule has 1 atom stereocenters. The van der Waals surface area contributed by atoms with Crippen LogP contribution in [0.5, 0.6) is 0 Å². The Hall–Kier alpha value is -1.94. The molecule has 0 fully saturated rings. The maximum Gasteiger partial charge on any atom is 0.231 e. The summed E-state index contributed by atoms with van der Waals surface area (Å²) in [6, 6.07) is 12.5. The molecule has 0 unspecified atom stereocenters. The van der Waals surface area contributed by atoms with Crippen LogP contribution in [-0.4, -0.2) is 10.8 Å². The highest BCUT2D eigenvalue weighted by molar-refractivity contribution is 7.88. The molecule has 2 aromatic rings. The molecule has 0 saturated heterocycles. The number of fused-ring (bicyclic) bond motifs is 1. The van der Waals surface area contributed by atoms with Gasteiger partial charge in [0.05, 0.1) is 11.4 Å². The second kappa shape index (κ2) is 5.21. The van der Waals surface area contributed by atoms with Gasteiger partial charge in [0.25, 0.3) is 0 Å². The summed E-state index contributed by atoms with van der Waals surface area (Å²) >= 11 is 0. The molecule has 0 spiro atoms. The molecule has 2 nitrogen and oxygen atoms in total. The second-order valence-corrected chi connectivity index (χ2v) is 6.36. The van der Waals surface area contributed by atoms with E-state index in [0.29, 0.717) is 0 Å². The van der Waals surface area contributed by atoms with Gasteiger partial charge < -0.3 is 0 Å². The van der Waals surface area contributed by atoms with Crippen LogP contribution in [0.2, 0.25) is 0 Å². The van der Waals surface area contributed by atoms with Crippen LogP contribution in [0, 0.1) is 0 Å². The number of halogens is 1. The molecule has 0 saturated carbocycles. The fraction of sp³-hybridized carbons (Fsp3) is 0.125. The molecule has 20 heavy (non-hydrogen) atoms. The molecule has 2 aromatic carbocycles. The number of nitrogens with zero attached hydrogens (tertiary/aromatic N) is 1. The summed E-state index contributed by atoms with van der Waals surface area (Å²) in [7, 11) is -3.83. The Kier molecular flexibility index (Phi) is 3.40. The SMILES string of the molecule is O=[S@](F)(=NCC1=CC=CC1)c1ccc2ccccc2c1. The van der Waals surface area contributed by atoms with Crippen LogP contribution < -0.4 is 0 Å². The van der Waals surface area contributed by atoms with Crippen molar-refractivity contribution in [3.8, 4) is 0 Å². The summed E-state index contributed by atoms with van der Waals surface area (Å²) in [6.45, 7) is 0.176. The zero-order valence-corrected chi connectivity index (χ0v) is 11.6. The molecule has 0 amide bonds. The number of rotatable bonds is 3. The number of hydrogen-bond acceptors (Lipinski definition) is 2. The first-order valence-corrected chi connectivity index (χ1v) is 7.83. The van der Waals surface area contributed by atoms with Crippen LogP contribution in [0.15, 0.2) is 75.5 Å². The van der Waals surface area contributed by atoms with Gasteiger partial charge in [-0.15, -0.1) is 3.89 Å². The summed E-state index contributed by atoms with van der Waals surface area (Å²) in [4.78, 5) is 0.141. The van der Waals surface area contributed by atoms with Crippen molar-refractivity contribution in [1.29, 1.82) is 0 Å². The van der Waals surface area contributed by atoms with Crippen molar-refractivity contribution in [3.63, 3.8) is 0 Å². The average Bonchev–Trinajstić information content (AvgIpc) is 2.98. The average molecular weight is 287 g/mol. The highest BCUT2D eigenvalue weighted by atomic mass is 32.3. The third-order valence-corrected chi connectivity index (χ3v) is 4.59. The normalized spacial score (nSPS) is 16.9. The van der Waals surface area contributed by atoms with Gasteiger partial charge in [0.2, 0.25) is 10.1 Å². The molecular weight excluding hydrogens is 273 g/mol. The topological polar surface area (TPSA) is 29.4 Å². The van der Waals surface area contributed by atoms with Crippen LogP contribution in [0.4, 0.5) is 3.89 Å². The highest BCUT2D eigenvalue weighted by Crippen LogP contribution is 2.22. The molecular formula is C16H14FNOS. The summed E-state index contributed by atoms with van der Waals surface area (Å²) in [5, 5.41) is 1.86. The molecule has 0 heterocycles. The Morgan fingerprint density at radius 1 is 1.15 bits per heavy atom. The molecule has 0 radical (unpaired) electrons. The zero-order valence-electron chi connectivity index (χ0n) is 10.8. The largest absolute Gasteiger partial charge is 0.231 e. The van der Waals surface area contributed by atoms with Crippen LogP contribution in [0.1, 0.15) is 6.42 Å². The van der Waals surface area contributed by atoms with Crippen molar-refractivity contribution in [1.82, 2.24) is 0 Å². The van der Waals surface area contributed by atoms with E-state index in [1.54, 1.807) is 18.2 Å². The van der Waals surface area contributed by atoms with E-state index in [9.17, 15) is 8.09 Å². The standard InChI is InChI=1S/C16H14FNOS/c17-20(19,18-12-13-5-1-2-6-13)16-10-9-14-7-3-4-8-15(14)11-16/h1-5,7-11H,6,12H2/t20-/m1/s1. The van der Waals surface area contributed by atoms with Crippen LogP contribution in [0.25, 0.3) is 10.8 Å². The first-order valence-electron chi connectivity index (χ1n) is 6.41. The zero-order chi connectivity index (χ0) is 14.0. The Labute approximate surface area is 118 Å². The second-order valence-electron chi connectivity index (χ2n) is 4.71. The van der Waals surface area contributed by atoms with Gasteiger partial charge in [-0.25, -0.2) is 8.57 Å². The molecule has 3 rings (SSSR count). The van der Waals surface area contributed by atoms with E-state index >= 15 is 0 Å². The van der Waals surface area contributed by atoms with Gasteiger partial charge in [-0.1, -0.05) is 48.6 Å². The quantitative estimate of drug-likeness (QED) is 0.767. The van der Waals surface area contributed by atoms with Crippen molar-refractivity contribution in [2.75, 3.05) is 6.54 Å². The van der Waals surface area contributed by atoms with E-state index in [0.717, 1.165) is 22.8 Å². The minimum absolute atomic E-state index is 0.141. The van der Waals surface area contributed by atoms with Crippen molar-refractivity contribution >= 4 is 20.9 Å². The lowest BCUT2D eigenvalue weighted by Gasteiger charge is -2.04. The highest BCUT2D eigenvalue weighted by Gasteiger charge is 2.11. The van der Waals surface area contributed by atoms with E-state index in [1.165, 1.54) is 0 Å². The number of allylic oxidation sites excluding steroid dienone is 3. The molecule has 0 aromatic heterocycles. The summed E-state index contributed by atoms with van der Waals surface area (Å²) in [5.41, 5.74) is 0.983. The van der Waals surface area contributed by atoms with Crippen molar-refractivity contribution < 1.29 is 8.09 Å². The summed E-state index contributed by atoms with van der Waals surface area (Å²) < 4.78 is 30.2. The van der Waals surface area contributed by atoms with Crippen molar-refractivity contribution in [2.45, 2.75) is 11.3 Å². The van der Waals surface area contributed by atoms with Gasteiger partial charge in [0.15, 0.2) is 0 Å². The minimum Gasteiger partial charge on any atom is -0.211 e. The maximum absolute atomic E-state index is 14.3. The Bertz CT molecular complexity index is 829. The van der Waals surface area contributed by atoms with E-state index in [1.807, 2.05) is 42.5 Å². The lowest BCUT2D eigenvalue weighted by atomic mass is 10.1. The minimum atomic E-state index is -3.83. The molecule has 0 N–H and O–H groups in total. The first-order chi connectivity index (χ1) is 9.65. The van der Waals surface area contributed by atoms with Gasteiger partial charge in [-0.3, -0.25) is 0 Å². The molecule has 4 heteroatoms. The maximum atomic E-state index is 14.3. The molecule has 1 aliphatic rings. The molecule has 0 bridgehead atoms. The smallest absolute Gasteiger partial charge is 0.211 e. The predicted octanol–water partition coefficient (Wildman–Crippen LogP) is 4.44. The van der Waals surface area contributed by atoms with Crippen molar-refractivity contribution in [2.24, 2.45) is 4.36 Å². The third-order valence-electron chi connectivity index (χ3n) is 3.29. The van der Waals surface area contributed by atoms with E-state index in [2.05, 4.69) is 4.36 Å². The van der Waals surface area contributed by atoms with Crippen LogP contribution in [-0.2, 0) is 10.1 Å². The van der Waals surface area contributed by atoms with Gasteiger partial charge in [0.1, 0.15) is 0 Å². The monoisotopic (exact) mass is 287 g/mol. The Balaban J connectivity index is 1.95. The molecule has 1 aliphatic carbocycles. The van der Waals surface area contributed by atoms with Crippen LogP contribution >= 0.6 is 0 Å². The fourth-order valence-electron chi connectivity index (χ4n) is 2.17. The first kappa shape index (κ1) is 13.1. The molecule has 102 valence electrons. The van der Waals surface area contributed by atoms with Gasteiger partial charge >= 0.3 is 0 Å². The van der Waals surface area contributed by atoms with E-state index in [-0.39, 0.29) is 11.4 Å². The summed E-state index contributed by atoms with van der Waals surface area (Å²) in [5.74, 6) is 0.